The van der Waals surface area contributed by atoms with Gasteiger partial charge in [-0.25, -0.2) is 8.78 Å². The molecule has 1 rings (SSSR count). The van der Waals surface area contributed by atoms with Gasteiger partial charge in [-0.05, 0) is 24.1 Å². The van der Waals surface area contributed by atoms with Gasteiger partial charge in [0.05, 0.1) is 0 Å². The highest BCUT2D eigenvalue weighted by Gasteiger charge is 1.96. The summed E-state index contributed by atoms with van der Waals surface area (Å²) in [6, 6.07) is 3.55. The van der Waals surface area contributed by atoms with E-state index >= 15 is 0 Å². The van der Waals surface area contributed by atoms with Crippen LogP contribution in [0.5, 0.6) is 0 Å². The lowest BCUT2D eigenvalue weighted by molar-refractivity contribution is 0.580. The molecular weight excluding hydrogens is 158 g/mol. The zero-order valence-electron chi connectivity index (χ0n) is 7.70. The molecule has 2 heteroatoms. The van der Waals surface area contributed by atoms with Crippen molar-refractivity contribution in [2.24, 2.45) is 0 Å². The molecule has 0 aliphatic heterocycles. The highest BCUT2D eigenvalue weighted by atomic mass is 19.1. The molecule has 0 radical (unpaired) electrons. The molecule has 0 unspecified atom stereocenters. The molecule has 0 aromatic heterocycles. The Morgan fingerprint density at radius 2 is 1.42 bits per heavy atom. The monoisotopic (exact) mass is 172 g/mol. The molecular formula is C10H14F2. The van der Waals surface area contributed by atoms with Crippen molar-refractivity contribution in [2.45, 2.75) is 27.2 Å². The van der Waals surface area contributed by atoms with Crippen LogP contribution in [-0.4, -0.2) is 0 Å². The minimum absolute atomic E-state index is 0.503. The minimum atomic E-state index is -0.503. The van der Waals surface area contributed by atoms with E-state index in [4.69, 9.17) is 0 Å². The van der Waals surface area contributed by atoms with E-state index < -0.39 is 11.6 Å². The van der Waals surface area contributed by atoms with E-state index in [9.17, 15) is 8.78 Å². The SMILES string of the molecule is CC.CCc1cc(F)cc(F)c1. The van der Waals surface area contributed by atoms with Crippen molar-refractivity contribution in [3.8, 4) is 0 Å². The molecule has 1 aromatic carbocycles. The van der Waals surface area contributed by atoms with Gasteiger partial charge in [0.1, 0.15) is 11.6 Å². The smallest absolute Gasteiger partial charge is 0.126 e. The maximum Gasteiger partial charge on any atom is 0.126 e. The summed E-state index contributed by atoms with van der Waals surface area (Å²) in [6.07, 6.45) is 0.661. The van der Waals surface area contributed by atoms with Crippen molar-refractivity contribution in [1.82, 2.24) is 0 Å². The second kappa shape index (κ2) is 5.70. The molecule has 0 aliphatic rings. The van der Waals surface area contributed by atoms with Gasteiger partial charge in [0.25, 0.3) is 0 Å². The summed E-state index contributed by atoms with van der Waals surface area (Å²) in [6.45, 7) is 5.86. The summed E-state index contributed by atoms with van der Waals surface area (Å²) in [5, 5.41) is 0. The molecule has 0 atom stereocenters. The number of hydrogen-bond donors (Lipinski definition) is 0. The summed E-state index contributed by atoms with van der Waals surface area (Å²) in [5.41, 5.74) is 0.692. The Morgan fingerprint density at radius 1 is 1.00 bits per heavy atom. The van der Waals surface area contributed by atoms with Crippen molar-refractivity contribution >= 4 is 0 Å². The normalized spacial score (nSPS) is 8.75. The fraction of sp³-hybridized carbons (Fsp3) is 0.400. The summed E-state index contributed by atoms with van der Waals surface area (Å²) < 4.78 is 24.8. The van der Waals surface area contributed by atoms with Crippen LogP contribution in [0.1, 0.15) is 26.3 Å². The highest BCUT2D eigenvalue weighted by Crippen LogP contribution is 2.07. The third-order valence-electron chi connectivity index (χ3n) is 1.33. The van der Waals surface area contributed by atoms with E-state index in [1.165, 1.54) is 12.1 Å². The topological polar surface area (TPSA) is 0 Å². The Bertz CT molecular complexity index is 211. The molecule has 0 saturated heterocycles. The van der Waals surface area contributed by atoms with Gasteiger partial charge in [-0.2, -0.15) is 0 Å². The first-order chi connectivity index (χ1) is 5.72. The Kier molecular flexibility index (Phi) is 5.26. The summed E-state index contributed by atoms with van der Waals surface area (Å²) in [7, 11) is 0. The van der Waals surface area contributed by atoms with Crippen LogP contribution in [0.25, 0.3) is 0 Å². The van der Waals surface area contributed by atoms with Crippen molar-refractivity contribution in [2.75, 3.05) is 0 Å². The average Bonchev–Trinajstić information content (AvgIpc) is 2.06. The third-order valence-corrected chi connectivity index (χ3v) is 1.33. The quantitative estimate of drug-likeness (QED) is 0.607. The van der Waals surface area contributed by atoms with Gasteiger partial charge >= 0.3 is 0 Å². The van der Waals surface area contributed by atoms with E-state index in [2.05, 4.69) is 0 Å². The number of aryl methyl sites for hydroxylation is 1. The van der Waals surface area contributed by atoms with Crippen LogP contribution in [0.2, 0.25) is 0 Å². The van der Waals surface area contributed by atoms with Crippen LogP contribution in [0.15, 0.2) is 18.2 Å². The lowest BCUT2D eigenvalue weighted by Gasteiger charge is -1.95. The zero-order valence-corrected chi connectivity index (χ0v) is 7.70. The first-order valence-corrected chi connectivity index (χ1v) is 4.17. The lowest BCUT2D eigenvalue weighted by Crippen LogP contribution is -1.84. The van der Waals surface area contributed by atoms with E-state index in [1.807, 2.05) is 20.8 Å². The fourth-order valence-electron chi connectivity index (χ4n) is 0.815. The summed E-state index contributed by atoms with van der Waals surface area (Å²) in [5.74, 6) is -1.01. The molecule has 0 N–H and O–H groups in total. The van der Waals surface area contributed by atoms with E-state index in [0.29, 0.717) is 12.0 Å². The molecule has 0 fully saturated rings. The van der Waals surface area contributed by atoms with Crippen LogP contribution < -0.4 is 0 Å². The largest absolute Gasteiger partial charge is 0.207 e. The molecule has 0 heterocycles. The molecule has 0 nitrogen and oxygen atoms in total. The number of rotatable bonds is 1. The van der Waals surface area contributed by atoms with Crippen LogP contribution in [-0.2, 0) is 6.42 Å². The van der Waals surface area contributed by atoms with Gasteiger partial charge in [-0.1, -0.05) is 20.8 Å². The predicted molar refractivity (Wildman–Crippen MR) is 47.1 cm³/mol. The molecule has 0 bridgehead atoms. The second-order valence-corrected chi connectivity index (χ2v) is 2.13. The Hall–Kier alpha value is -0.920. The Morgan fingerprint density at radius 3 is 1.75 bits per heavy atom. The lowest BCUT2D eigenvalue weighted by atomic mass is 10.2. The van der Waals surface area contributed by atoms with Crippen LogP contribution in [0.3, 0.4) is 0 Å². The van der Waals surface area contributed by atoms with Crippen LogP contribution in [0, 0.1) is 11.6 Å². The zero-order chi connectivity index (χ0) is 9.56. The molecule has 0 spiro atoms. The predicted octanol–water partition coefficient (Wildman–Crippen LogP) is 3.55. The van der Waals surface area contributed by atoms with Crippen molar-refractivity contribution in [3.05, 3.63) is 35.4 Å². The van der Waals surface area contributed by atoms with Crippen LogP contribution in [0.4, 0.5) is 8.78 Å². The van der Waals surface area contributed by atoms with Gasteiger partial charge < -0.3 is 0 Å². The van der Waals surface area contributed by atoms with Gasteiger partial charge in [0.2, 0.25) is 0 Å². The van der Waals surface area contributed by atoms with E-state index in [-0.39, 0.29) is 0 Å². The van der Waals surface area contributed by atoms with Gasteiger partial charge in [-0.15, -0.1) is 0 Å². The minimum Gasteiger partial charge on any atom is -0.207 e. The van der Waals surface area contributed by atoms with Gasteiger partial charge in [0, 0.05) is 6.07 Å². The van der Waals surface area contributed by atoms with Crippen molar-refractivity contribution in [3.63, 3.8) is 0 Å². The molecule has 12 heavy (non-hydrogen) atoms. The number of hydrogen-bond acceptors (Lipinski definition) is 0. The fourth-order valence-corrected chi connectivity index (χ4v) is 0.815. The number of benzene rings is 1. The summed E-state index contributed by atoms with van der Waals surface area (Å²) >= 11 is 0. The Balaban J connectivity index is 0.000000561. The third kappa shape index (κ3) is 3.46. The maximum atomic E-state index is 12.4. The van der Waals surface area contributed by atoms with Crippen LogP contribution >= 0.6 is 0 Å². The highest BCUT2D eigenvalue weighted by molar-refractivity contribution is 5.17. The first-order valence-electron chi connectivity index (χ1n) is 4.17. The van der Waals surface area contributed by atoms with Gasteiger partial charge in [-0.3, -0.25) is 0 Å². The summed E-state index contributed by atoms with van der Waals surface area (Å²) in [4.78, 5) is 0. The molecule has 0 aliphatic carbocycles. The van der Waals surface area contributed by atoms with E-state index in [0.717, 1.165) is 6.07 Å². The van der Waals surface area contributed by atoms with E-state index in [1.54, 1.807) is 0 Å². The maximum absolute atomic E-state index is 12.4. The molecule has 0 saturated carbocycles. The number of halogens is 2. The molecule has 1 aromatic rings. The Labute approximate surface area is 72.2 Å². The second-order valence-electron chi connectivity index (χ2n) is 2.13. The first kappa shape index (κ1) is 11.1. The average molecular weight is 172 g/mol. The molecule has 0 amide bonds. The van der Waals surface area contributed by atoms with Crippen molar-refractivity contribution < 1.29 is 8.78 Å². The standard InChI is InChI=1S/C8H8F2.C2H6/c1-2-6-3-7(9)5-8(10)4-6;1-2/h3-5H,2H2,1H3;1-2H3. The van der Waals surface area contributed by atoms with Crippen molar-refractivity contribution in [1.29, 1.82) is 0 Å². The molecule has 68 valence electrons. The van der Waals surface area contributed by atoms with Gasteiger partial charge in [0.15, 0.2) is 0 Å².